The summed E-state index contributed by atoms with van der Waals surface area (Å²) in [6, 6.07) is 7.55. The highest BCUT2D eigenvalue weighted by atomic mass is 19.1. The van der Waals surface area contributed by atoms with Crippen LogP contribution < -0.4 is 5.32 Å². The molecule has 0 saturated carbocycles. The highest BCUT2D eigenvalue weighted by molar-refractivity contribution is 5.22. The molecule has 3 atom stereocenters. The fourth-order valence-corrected chi connectivity index (χ4v) is 3.93. The van der Waals surface area contributed by atoms with Crippen LogP contribution in [-0.4, -0.2) is 31.1 Å². The second-order valence-electron chi connectivity index (χ2n) is 6.97. The Balaban J connectivity index is 1.80. The summed E-state index contributed by atoms with van der Waals surface area (Å²) in [4.78, 5) is 2.58. The summed E-state index contributed by atoms with van der Waals surface area (Å²) in [7, 11) is 0. The van der Waals surface area contributed by atoms with E-state index in [1.807, 2.05) is 6.07 Å². The fraction of sp³-hybridized carbons (Fsp3) is 0.647. The van der Waals surface area contributed by atoms with Crippen molar-refractivity contribution in [3.05, 3.63) is 35.6 Å². The maximum absolute atomic E-state index is 13.5. The predicted octanol–water partition coefficient (Wildman–Crippen LogP) is 3.21. The van der Waals surface area contributed by atoms with Crippen LogP contribution in [0.25, 0.3) is 0 Å². The molecule has 1 N–H and O–H groups in total. The van der Waals surface area contributed by atoms with Crippen molar-refractivity contribution in [2.24, 2.45) is 11.3 Å². The number of halogens is 1. The van der Waals surface area contributed by atoms with Gasteiger partial charge in [0.2, 0.25) is 0 Å². The lowest BCUT2D eigenvalue weighted by Crippen LogP contribution is -2.37. The van der Waals surface area contributed by atoms with Crippen LogP contribution in [0, 0.1) is 17.2 Å². The second kappa shape index (κ2) is 5.45. The molecule has 2 aliphatic heterocycles. The summed E-state index contributed by atoms with van der Waals surface area (Å²) in [5.74, 6) is 0.491. The van der Waals surface area contributed by atoms with Gasteiger partial charge in [-0.3, -0.25) is 4.90 Å². The Morgan fingerprint density at radius 3 is 3.00 bits per heavy atom. The molecule has 2 saturated heterocycles. The van der Waals surface area contributed by atoms with Crippen molar-refractivity contribution in [3.63, 3.8) is 0 Å². The standard InChI is InChI=1S/C17H25FN2/c1-13-6-9-20(12-17(2)7-8-19-11-17)16(13)14-4-3-5-15(18)10-14/h3-5,10,13,16,19H,6-9,11-12H2,1-2H3. The van der Waals surface area contributed by atoms with E-state index in [-0.39, 0.29) is 5.82 Å². The third-order valence-corrected chi connectivity index (χ3v) is 5.04. The molecule has 0 amide bonds. The largest absolute Gasteiger partial charge is 0.316 e. The molecule has 3 rings (SSSR count). The van der Waals surface area contributed by atoms with Crippen molar-refractivity contribution >= 4 is 0 Å². The van der Waals surface area contributed by atoms with E-state index in [9.17, 15) is 4.39 Å². The molecule has 3 heteroatoms. The van der Waals surface area contributed by atoms with Crippen LogP contribution in [0.15, 0.2) is 24.3 Å². The van der Waals surface area contributed by atoms with E-state index < -0.39 is 0 Å². The van der Waals surface area contributed by atoms with Gasteiger partial charge >= 0.3 is 0 Å². The van der Waals surface area contributed by atoms with E-state index >= 15 is 0 Å². The van der Waals surface area contributed by atoms with Crippen molar-refractivity contribution in [3.8, 4) is 0 Å². The molecule has 20 heavy (non-hydrogen) atoms. The molecule has 0 spiro atoms. The van der Waals surface area contributed by atoms with Crippen molar-refractivity contribution in [2.75, 3.05) is 26.2 Å². The minimum Gasteiger partial charge on any atom is -0.316 e. The van der Waals surface area contributed by atoms with Crippen LogP contribution in [0.5, 0.6) is 0 Å². The van der Waals surface area contributed by atoms with E-state index in [4.69, 9.17) is 0 Å². The highest BCUT2D eigenvalue weighted by Gasteiger charge is 2.38. The minimum atomic E-state index is -0.115. The highest BCUT2D eigenvalue weighted by Crippen LogP contribution is 2.40. The molecule has 0 radical (unpaired) electrons. The maximum Gasteiger partial charge on any atom is 0.123 e. The number of rotatable bonds is 3. The molecule has 2 nitrogen and oxygen atoms in total. The van der Waals surface area contributed by atoms with E-state index in [1.165, 1.54) is 18.9 Å². The van der Waals surface area contributed by atoms with Crippen molar-refractivity contribution in [2.45, 2.75) is 32.7 Å². The van der Waals surface area contributed by atoms with Gasteiger partial charge in [-0.05, 0) is 55.0 Å². The molecule has 2 heterocycles. The Morgan fingerprint density at radius 1 is 1.45 bits per heavy atom. The fourth-order valence-electron chi connectivity index (χ4n) is 3.93. The molecule has 0 bridgehead atoms. The molecule has 2 aliphatic rings. The Morgan fingerprint density at radius 2 is 2.30 bits per heavy atom. The van der Waals surface area contributed by atoms with Crippen molar-refractivity contribution < 1.29 is 4.39 Å². The average molecular weight is 276 g/mol. The molecule has 110 valence electrons. The normalized spacial score (nSPS) is 34.8. The zero-order chi connectivity index (χ0) is 14.2. The summed E-state index contributed by atoms with van der Waals surface area (Å²) in [5, 5.41) is 3.48. The number of likely N-dealkylation sites (tertiary alicyclic amines) is 1. The van der Waals surface area contributed by atoms with Crippen LogP contribution >= 0.6 is 0 Å². The number of nitrogens with one attached hydrogen (secondary N) is 1. The molecular formula is C17H25FN2. The van der Waals surface area contributed by atoms with Gasteiger partial charge in [-0.15, -0.1) is 0 Å². The molecule has 2 fully saturated rings. The van der Waals surface area contributed by atoms with Gasteiger partial charge in [0.05, 0.1) is 0 Å². The van der Waals surface area contributed by atoms with Gasteiger partial charge in [-0.1, -0.05) is 26.0 Å². The lowest BCUT2D eigenvalue weighted by molar-refractivity contribution is 0.153. The summed E-state index contributed by atoms with van der Waals surface area (Å²) in [6.07, 6.45) is 2.46. The molecule has 1 aromatic rings. The summed E-state index contributed by atoms with van der Waals surface area (Å²) in [5.41, 5.74) is 1.51. The number of hydrogen-bond donors (Lipinski definition) is 1. The Hall–Kier alpha value is -0.930. The Bertz CT molecular complexity index is 468. The topological polar surface area (TPSA) is 15.3 Å². The lowest BCUT2D eigenvalue weighted by Gasteiger charge is -2.34. The molecule has 1 aromatic carbocycles. The minimum absolute atomic E-state index is 0.115. The van der Waals surface area contributed by atoms with Crippen LogP contribution in [0.4, 0.5) is 4.39 Å². The SMILES string of the molecule is CC1CCN(CC2(C)CCNC2)C1c1cccc(F)c1. The Kier molecular flexibility index (Phi) is 3.83. The van der Waals surface area contributed by atoms with E-state index in [0.29, 0.717) is 17.4 Å². The van der Waals surface area contributed by atoms with Gasteiger partial charge in [-0.2, -0.15) is 0 Å². The second-order valence-corrected chi connectivity index (χ2v) is 6.97. The van der Waals surface area contributed by atoms with Gasteiger partial charge in [0.25, 0.3) is 0 Å². The first-order chi connectivity index (χ1) is 9.57. The quantitative estimate of drug-likeness (QED) is 0.912. The van der Waals surface area contributed by atoms with Gasteiger partial charge < -0.3 is 5.32 Å². The van der Waals surface area contributed by atoms with E-state index in [1.54, 1.807) is 6.07 Å². The third kappa shape index (κ3) is 2.75. The summed E-state index contributed by atoms with van der Waals surface area (Å²) in [6.45, 7) is 9.16. The smallest absolute Gasteiger partial charge is 0.123 e. The molecule has 0 aromatic heterocycles. The average Bonchev–Trinajstić information content (AvgIpc) is 2.97. The van der Waals surface area contributed by atoms with Crippen LogP contribution in [0.1, 0.15) is 38.3 Å². The van der Waals surface area contributed by atoms with E-state index in [0.717, 1.165) is 31.7 Å². The summed E-state index contributed by atoms with van der Waals surface area (Å²) < 4.78 is 13.5. The number of hydrogen-bond acceptors (Lipinski definition) is 2. The van der Waals surface area contributed by atoms with Crippen LogP contribution in [0.2, 0.25) is 0 Å². The first-order valence-corrected chi connectivity index (χ1v) is 7.78. The van der Waals surface area contributed by atoms with Gasteiger partial charge in [0, 0.05) is 19.1 Å². The lowest BCUT2D eigenvalue weighted by atomic mass is 9.88. The predicted molar refractivity (Wildman–Crippen MR) is 80.1 cm³/mol. The van der Waals surface area contributed by atoms with Crippen molar-refractivity contribution in [1.29, 1.82) is 0 Å². The van der Waals surface area contributed by atoms with Crippen molar-refractivity contribution in [1.82, 2.24) is 10.2 Å². The first kappa shape index (κ1) is 14.0. The zero-order valence-electron chi connectivity index (χ0n) is 12.5. The third-order valence-electron chi connectivity index (χ3n) is 5.04. The number of nitrogens with zero attached hydrogens (tertiary/aromatic N) is 1. The molecular weight excluding hydrogens is 251 g/mol. The molecule has 0 aliphatic carbocycles. The van der Waals surface area contributed by atoms with Crippen LogP contribution in [-0.2, 0) is 0 Å². The van der Waals surface area contributed by atoms with Crippen LogP contribution in [0.3, 0.4) is 0 Å². The monoisotopic (exact) mass is 276 g/mol. The summed E-state index contributed by atoms with van der Waals surface area (Å²) >= 11 is 0. The number of benzene rings is 1. The molecule has 3 unspecified atom stereocenters. The maximum atomic E-state index is 13.5. The van der Waals surface area contributed by atoms with Gasteiger partial charge in [-0.25, -0.2) is 4.39 Å². The Labute approximate surface area is 121 Å². The first-order valence-electron chi connectivity index (χ1n) is 7.78. The zero-order valence-corrected chi connectivity index (χ0v) is 12.5. The van der Waals surface area contributed by atoms with Gasteiger partial charge in [0.15, 0.2) is 0 Å². The van der Waals surface area contributed by atoms with Gasteiger partial charge in [0.1, 0.15) is 5.82 Å². The van der Waals surface area contributed by atoms with E-state index in [2.05, 4.69) is 30.1 Å².